The maximum atomic E-state index is 14.5. The number of para-hydroxylation sites is 1. The van der Waals surface area contributed by atoms with E-state index in [0.717, 1.165) is 12.8 Å². The van der Waals surface area contributed by atoms with Gasteiger partial charge in [0.15, 0.2) is 5.82 Å². The zero-order chi connectivity index (χ0) is 21.1. The minimum atomic E-state index is -1.04. The molecular weight excluding hydrogens is 385 g/mol. The summed E-state index contributed by atoms with van der Waals surface area (Å²) in [6, 6.07) is 15.0. The number of halogens is 1. The van der Waals surface area contributed by atoms with Gasteiger partial charge in [0.2, 0.25) is 0 Å². The molecule has 30 heavy (non-hydrogen) atoms. The van der Waals surface area contributed by atoms with Crippen LogP contribution in [-0.4, -0.2) is 15.5 Å². The van der Waals surface area contributed by atoms with Crippen LogP contribution < -0.4 is 5.56 Å². The lowest BCUT2D eigenvalue weighted by Crippen LogP contribution is -2.36. The highest BCUT2D eigenvalue weighted by Gasteiger charge is 2.45. The molecule has 7 heteroatoms. The average molecular weight is 405 g/mol. The van der Waals surface area contributed by atoms with Gasteiger partial charge in [-0.15, -0.1) is 0 Å². The van der Waals surface area contributed by atoms with Crippen LogP contribution in [0.1, 0.15) is 37.1 Å². The molecular formula is C23H20FN3O3. The smallest absolute Gasteiger partial charge is 0.317 e. The molecule has 4 rings (SSSR count). The lowest BCUT2D eigenvalue weighted by atomic mass is 9.78. The summed E-state index contributed by atoms with van der Waals surface area (Å²) >= 11 is 0. The molecule has 1 aliphatic carbocycles. The van der Waals surface area contributed by atoms with Crippen LogP contribution in [0.3, 0.4) is 0 Å². The second-order valence-corrected chi connectivity index (χ2v) is 7.44. The van der Waals surface area contributed by atoms with Gasteiger partial charge in [0.25, 0.3) is 5.56 Å². The number of benzene rings is 2. The third-order valence-corrected chi connectivity index (χ3v) is 5.74. The van der Waals surface area contributed by atoms with Gasteiger partial charge in [-0.2, -0.15) is 5.26 Å². The van der Waals surface area contributed by atoms with Gasteiger partial charge in [0.05, 0.1) is 22.4 Å². The van der Waals surface area contributed by atoms with Crippen molar-refractivity contribution >= 4 is 16.9 Å². The molecule has 1 aromatic heterocycles. The minimum absolute atomic E-state index is 0.190. The van der Waals surface area contributed by atoms with Crippen molar-refractivity contribution in [2.45, 2.75) is 44.2 Å². The third kappa shape index (κ3) is 3.35. The first kappa shape index (κ1) is 19.8. The Kier molecular flexibility index (Phi) is 5.32. The first-order valence-electron chi connectivity index (χ1n) is 9.84. The summed E-state index contributed by atoms with van der Waals surface area (Å²) in [6.45, 7) is -0.473. The van der Waals surface area contributed by atoms with Crippen LogP contribution in [0.4, 0.5) is 4.39 Å². The van der Waals surface area contributed by atoms with Crippen LogP contribution in [0.15, 0.2) is 53.3 Å². The molecule has 1 heterocycles. The number of hydrogen-bond donors (Lipinski definition) is 0. The van der Waals surface area contributed by atoms with Crippen molar-refractivity contribution in [1.82, 2.24) is 9.55 Å². The second-order valence-electron chi connectivity index (χ2n) is 7.44. The highest BCUT2D eigenvalue weighted by Crippen LogP contribution is 2.43. The highest BCUT2D eigenvalue weighted by atomic mass is 19.1. The van der Waals surface area contributed by atoms with E-state index < -0.39 is 17.2 Å². The number of esters is 1. The first-order valence-corrected chi connectivity index (χ1v) is 9.84. The van der Waals surface area contributed by atoms with Gasteiger partial charge in [-0.3, -0.25) is 14.2 Å². The number of carbonyl (C=O) groups is 1. The Labute approximate surface area is 172 Å². The number of rotatable bonds is 5. The van der Waals surface area contributed by atoms with Gasteiger partial charge in [0.1, 0.15) is 19.0 Å². The molecule has 1 saturated carbocycles. The number of carbonyl (C=O) groups excluding carboxylic acids is 1. The van der Waals surface area contributed by atoms with E-state index in [2.05, 4.69) is 4.98 Å². The molecule has 0 N–H and O–H groups in total. The fourth-order valence-electron chi connectivity index (χ4n) is 4.24. The summed E-state index contributed by atoms with van der Waals surface area (Å²) in [7, 11) is 0. The van der Waals surface area contributed by atoms with Gasteiger partial charge in [-0.25, -0.2) is 9.37 Å². The van der Waals surface area contributed by atoms with Crippen molar-refractivity contribution in [3.8, 4) is 6.07 Å². The normalized spacial score (nSPS) is 15.1. The Hall–Kier alpha value is -3.53. The molecule has 0 aliphatic heterocycles. The Morgan fingerprint density at radius 2 is 1.87 bits per heavy atom. The van der Waals surface area contributed by atoms with Crippen LogP contribution in [0.2, 0.25) is 0 Å². The Morgan fingerprint density at radius 1 is 1.17 bits per heavy atom. The number of nitriles is 1. The second kappa shape index (κ2) is 8.07. The summed E-state index contributed by atoms with van der Waals surface area (Å²) in [5.41, 5.74) is -0.596. The Morgan fingerprint density at radius 3 is 2.60 bits per heavy atom. The summed E-state index contributed by atoms with van der Waals surface area (Å²) in [5, 5.41) is 9.51. The van der Waals surface area contributed by atoms with Crippen molar-refractivity contribution in [1.29, 1.82) is 5.26 Å². The van der Waals surface area contributed by atoms with E-state index in [4.69, 9.17) is 10.00 Å². The van der Waals surface area contributed by atoms with Gasteiger partial charge in [0, 0.05) is 5.56 Å². The molecule has 1 fully saturated rings. The molecule has 0 atom stereocenters. The topological polar surface area (TPSA) is 85.0 Å². The third-order valence-electron chi connectivity index (χ3n) is 5.74. The number of aromatic nitrogens is 2. The van der Waals surface area contributed by atoms with Crippen molar-refractivity contribution in [2.75, 3.05) is 0 Å². The van der Waals surface area contributed by atoms with Crippen molar-refractivity contribution in [2.24, 2.45) is 0 Å². The van der Waals surface area contributed by atoms with E-state index in [-0.39, 0.29) is 24.5 Å². The molecule has 0 spiro atoms. The standard InChI is InChI=1S/C23H20FN3O3/c24-18-9-3-2-8-17(18)23(11-5-6-12-23)22(29)30-15-20-26-19-10-4-1-7-16(19)21(28)27(20)14-13-25/h1-4,7-10H,5-6,11-12,14-15H2. The fourth-order valence-corrected chi connectivity index (χ4v) is 4.24. The van der Waals surface area contributed by atoms with Gasteiger partial charge >= 0.3 is 5.97 Å². The largest absolute Gasteiger partial charge is 0.457 e. The lowest BCUT2D eigenvalue weighted by molar-refractivity contribution is -0.152. The van der Waals surface area contributed by atoms with E-state index in [1.807, 2.05) is 6.07 Å². The highest BCUT2D eigenvalue weighted by molar-refractivity contribution is 5.84. The van der Waals surface area contributed by atoms with Crippen molar-refractivity contribution in [3.63, 3.8) is 0 Å². The van der Waals surface area contributed by atoms with Crippen LogP contribution in [0.25, 0.3) is 10.9 Å². The molecule has 0 bridgehead atoms. The fraction of sp³-hybridized carbons (Fsp3) is 0.304. The van der Waals surface area contributed by atoms with E-state index in [1.165, 1.54) is 10.6 Å². The maximum Gasteiger partial charge on any atom is 0.317 e. The SMILES string of the molecule is N#CCn1c(COC(=O)C2(c3ccccc3F)CCCC2)nc2ccccc2c1=O. The number of ether oxygens (including phenoxy) is 1. The van der Waals surface area contributed by atoms with E-state index in [1.54, 1.807) is 42.5 Å². The molecule has 0 amide bonds. The monoisotopic (exact) mass is 405 g/mol. The van der Waals surface area contributed by atoms with Crippen molar-refractivity contribution < 1.29 is 13.9 Å². The van der Waals surface area contributed by atoms with E-state index in [0.29, 0.717) is 29.3 Å². The maximum absolute atomic E-state index is 14.5. The zero-order valence-electron chi connectivity index (χ0n) is 16.3. The molecule has 0 radical (unpaired) electrons. The summed E-state index contributed by atoms with van der Waals surface area (Å²) in [5.74, 6) is -0.770. The first-order chi connectivity index (χ1) is 14.6. The van der Waals surface area contributed by atoms with Crippen molar-refractivity contribution in [3.05, 3.63) is 76.1 Å². The van der Waals surface area contributed by atoms with Crippen LogP contribution >= 0.6 is 0 Å². The minimum Gasteiger partial charge on any atom is -0.457 e. The lowest BCUT2D eigenvalue weighted by Gasteiger charge is -2.27. The van der Waals surface area contributed by atoms with Crippen LogP contribution in [0.5, 0.6) is 0 Å². The van der Waals surface area contributed by atoms with Gasteiger partial charge < -0.3 is 4.74 Å². The zero-order valence-corrected chi connectivity index (χ0v) is 16.3. The van der Waals surface area contributed by atoms with Gasteiger partial charge in [-0.05, 0) is 31.0 Å². The quantitative estimate of drug-likeness (QED) is 0.606. The predicted molar refractivity (Wildman–Crippen MR) is 108 cm³/mol. The van der Waals surface area contributed by atoms with Gasteiger partial charge in [-0.1, -0.05) is 43.2 Å². The molecule has 152 valence electrons. The molecule has 0 unspecified atom stereocenters. The number of hydrogen-bond acceptors (Lipinski definition) is 5. The molecule has 0 saturated heterocycles. The average Bonchev–Trinajstić information content (AvgIpc) is 3.26. The molecule has 6 nitrogen and oxygen atoms in total. The molecule has 2 aromatic carbocycles. The molecule has 1 aliphatic rings. The van der Waals surface area contributed by atoms with E-state index in [9.17, 15) is 14.0 Å². The van der Waals surface area contributed by atoms with Crippen LogP contribution in [0, 0.1) is 17.1 Å². The summed E-state index contributed by atoms with van der Waals surface area (Å²) < 4.78 is 21.3. The number of fused-ring (bicyclic) bond motifs is 1. The van der Waals surface area contributed by atoms with E-state index >= 15 is 0 Å². The van der Waals surface area contributed by atoms with Crippen LogP contribution in [-0.2, 0) is 28.1 Å². The summed E-state index contributed by atoms with van der Waals surface area (Å²) in [4.78, 5) is 30.3. The predicted octanol–water partition coefficient (Wildman–Crippen LogP) is 3.61. The Balaban J connectivity index is 1.67. The Bertz CT molecular complexity index is 1210. The summed E-state index contributed by atoms with van der Waals surface area (Å²) in [6.07, 6.45) is 2.61. The molecule has 3 aromatic rings. The number of nitrogens with zero attached hydrogens (tertiary/aromatic N) is 3.